The van der Waals surface area contributed by atoms with Crippen molar-refractivity contribution in [2.75, 3.05) is 18.0 Å². The van der Waals surface area contributed by atoms with E-state index in [1.54, 1.807) is 6.07 Å². The maximum Gasteiger partial charge on any atom is 0.267 e. The van der Waals surface area contributed by atoms with Crippen LogP contribution in [-0.2, 0) is 6.42 Å². The molecule has 0 radical (unpaired) electrons. The zero-order chi connectivity index (χ0) is 19.0. The Balaban J connectivity index is 1.60. The Labute approximate surface area is 156 Å². The minimum Gasteiger partial charge on any atom is -0.507 e. The quantitative estimate of drug-likeness (QED) is 0.770. The van der Waals surface area contributed by atoms with Crippen molar-refractivity contribution in [2.45, 2.75) is 19.4 Å². The van der Waals surface area contributed by atoms with Gasteiger partial charge in [0.05, 0.1) is 11.7 Å². The number of nitrogens with zero attached hydrogens (tertiary/aromatic N) is 3. The number of halogens is 1. The third-order valence-electron chi connectivity index (χ3n) is 4.98. The molecule has 4 rings (SSSR count). The maximum absolute atomic E-state index is 13.2. The number of aromatic nitrogens is 2. The summed E-state index contributed by atoms with van der Waals surface area (Å²) in [4.78, 5) is 14.5. The Morgan fingerprint density at radius 1 is 1.15 bits per heavy atom. The predicted octanol–water partition coefficient (Wildman–Crippen LogP) is 3.38. The molecule has 3 aromatic rings. The van der Waals surface area contributed by atoms with Crippen molar-refractivity contribution in [1.29, 1.82) is 0 Å². The number of benzene rings is 2. The molecule has 0 bridgehead atoms. The lowest BCUT2D eigenvalue weighted by atomic mass is 10.0. The van der Waals surface area contributed by atoms with E-state index in [9.17, 15) is 14.3 Å². The van der Waals surface area contributed by atoms with Crippen LogP contribution in [0.2, 0.25) is 0 Å². The summed E-state index contributed by atoms with van der Waals surface area (Å²) in [7, 11) is 0. The van der Waals surface area contributed by atoms with Gasteiger partial charge in [0.25, 0.3) is 5.56 Å². The van der Waals surface area contributed by atoms with Crippen molar-refractivity contribution in [3.63, 3.8) is 0 Å². The Morgan fingerprint density at radius 2 is 1.93 bits per heavy atom. The molecule has 6 heteroatoms. The summed E-state index contributed by atoms with van der Waals surface area (Å²) in [6.45, 7) is 3.52. The van der Waals surface area contributed by atoms with Gasteiger partial charge in [-0.05, 0) is 36.2 Å². The first-order valence-corrected chi connectivity index (χ1v) is 8.98. The van der Waals surface area contributed by atoms with Gasteiger partial charge in [-0.25, -0.2) is 9.07 Å². The molecule has 1 fully saturated rings. The number of phenolic OH excluding ortho intramolecular Hbond substituents is 1. The van der Waals surface area contributed by atoms with Crippen LogP contribution in [0.3, 0.4) is 0 Å². The minimum absolute atomic E-state index is 0.0371. The molecule has 1 N–H and O–H groups in total. The van der Waals surface area contributed by atoms with Gasteiger partial charge in [0.1, 0.15) is 11.6 Å². The van der Waals surface area contributed by atoms with Gasteiger partial charge in [-0.15, -0.1) is 0 Å². The first kappa shape index (κ1) is 17.3. The van der Waals surface area contributed by atoms with Gasteiger partial charge in [-0.2, -0.15) is 5.10 Å². The maximum atomic E-state index is 13.2. The predicted molar refractivity (Wildman–Crippen MR) is 103 cm³/mol. The molecular weight excluding hydrogens is 345 g/mol. The third kappa shape index (κ3) is 3.18. The molecule has 138 valence electrons. The van der Waals surface area contributed by atoms with Gasteiger partial charge in [-0.1, -0.05) is 25.1 Å². The molecule has 27 heavy (non-hydrogen) atoms. The van der Waals surface area contributed by atoms with Crippen LogP contribution in [0, 0.1) is 5.82 Å². The highest BCUT2D eigenvalue weighted by molar-refractivity contribution is 5.66. The van der Waals surface area contributed by atoms with Crippen molar-refractivity contribution in [1.82, 2.24) is 9.78 Å². The lowest BCUT2D eigenvalue weighted by Crippen LogP contribution is -2.51. The molecule has 2 aromatic carbocycles. The van der Waals surface area contributed by atoms with Crippen molar-refractivity contribution in [3.8, 4) is 17.0 Å². The number of hydrogen-bond donors (Lipinski definition) is 1. The number of anilines is 1. The summed E-state index contributed by atoms with van der Waals surface area (Å²) in [5.74, 6) is -0.714. The SMILES string of the molecule is CCc1ccccc1N1CC(n2nc(-c3ccc(F)cc3O)ccc2=O)C1. The number of phenols is 1. The first-order valence-electron chi connectivity index (χ1n) is 8.98. The number of aryl methyl sites for hydroxylation is 1. The number of rotatable bonds is 4. The second-order valence-electron chi connectivity index (χ2n) is 6.70. The van der Waals surface area contributed by atoms with E-state index in [0.29, 0.717) is 24.3 Å². The van der Waals surface area contributed by atoms with E-state index in [4.69, 9.17) is 0 Å². The van der Waals surface area contributed by atoms with Gasteiger partial charge in [0, 0.05) is 36.5 Å². The molecule has 0 saturated carbocycles. The highest BCUT2D eigenvalue weighted by Crippen LogP contribution is 2.31. The van der Waals surface area contributed by atoms with Gasteiger partial charge >= 0.3 is 0 Å². The van der Waals surface area contributed by atoms with Crippen molar-refractivity contribution in [3.05, 3.63) is 76.3 Å². The lowest BCUT2D eigenvalue weighted by molar-refractivity contribution is 0.354. The molecule has 0 amide bonds. The van der Waals surface area contributed by atoms with Crippen LogP contribution in [0.5, 0.6) is 5.75 Å². The number of aromatic hydroxyl groups is 1. The topological polar surface area (TPSA) is 58.4 Å². The average Bonchev–Trinajstić information content (AvgIpc) is 2.63. The Hall–Kier alpha value is -3.15. The number of para-hydroxylation sites is 1. The van der Waals surface area contributed by atoms with Gasteiger partial charge in [0.2, 0.25) is 0 Å². The van der Waals surface area contributed by atoms with Crippen LogP contribution in [0.15, 0.2) is 59.4 Å². The fourth-order valence-corrected chi connectivity index (χ4v) is 3.48. The fourth-order valence-electron chi connectivity index (χ4n) is 3.48. The van der Waals surface area contributed by atoms with Crippen molar-refractivity contribution < 1.29 is 9.50 Å². The van der Waals surface area contributed by atoms with E-state index in [1.807, 2.05) is 12.1 Å². The van der Waals surface area contributed by atoms with Crippen LogP contribution in [-0.4, -0.2) is 28.0 Å². The normalized spacial score (nSPS) is 14.2. The highest BCUT2D eigenvalue weighted by atomic mass is 19.1. The molecular formula is C21H20FN3O2. The van der Waals surface area contributed by atoms with E-state index >= 15 is 0 Å². The van der Waals surface area contributed by atoms with Crippen molar-refractivity contribution in [2.24, 2.45) is 0 Å². The molecule has 1 aromatic heterocycles. The highest BCUT2D eigenvalue weighted by Gasteiger charge is 2.31. The standard InChI is InChI=1S/C21H20FN3O2/c1-2-14-5-3-4-6-19(14)24-12-16(13-24)25-21(27)10-9-18(23-25)17-8-7-15(22)11-20(17)26/h3-11,16,26H,2,12-13H2,1H3. The van der Waals surface area contributed by atoms with Crippen LogP contribution < -0.4 is 10.5 Å². The van der Waals surface area contributed by atoms with Gasteiger partial charge < -0.3 is 10.0 Å². The molecule has 0 atom stereocenters. The zero-order valence-corrected chi connectivity index (χ0v) is 15.0. The van der Waals surface area contributed by atoms with Gasteiger partial charge in [0.15, 0.2) is 0 Å². The molecule has 5 nitrogen and oxygen atoms in total. The molecule has 1 aliphatic rings. The van der Waals surface area contributed by atoms with Gasteiger partial charge in [-0.3, -0.25) is 4.79 Å². The number of hydrogen-bond acceptors (Lipinski definition) is 4. The molecule has 1 aliphatic heterocycles. The van der Waals surface area contributed by atoms with Crippen LogP contribution >= 0.6 is 0 Å². The minimum atomic E-state index is -0.520. The summed E-state index contributed by atoms with van der Waals surface area (Å²) < 4.78 is 14.7. The first-order chi connectivity index (χ1) is 13.1. The van der Waals surface area contributed by atoms with E-state index < -0.39 is 5.82 Å². The summed E-state index contributed by atoms with van der Waals surface area (Å²) in [5.41, 5.74) is 3.13. The largest absolute Gasteiger partial charge is 0.507 e. The summed E-state index contributed by atoms with van der Waals surface area (Å²) in [6.07, 6.45) is 0.953. The second-order valence-corrected chi connectivity index (χ2v) is 6.70. The van der Waals surface area contributed by atoms with E-state index in [2.05, 4.69) is 29.1 Å². The van der Waals surface area contributed by atoms with Crippen molar-refractivity contribution >= 4 is 5.69 Å². The molecule has 1 saturated heterocycles. The van der Waals surface area contributed by atoms with Crippen LogP contribution in [0.4, 0.5) is 10.1 Å². The average molecular weight is 365 g/mol. The van der Waals surface area contributed by atoms with E-state index in [0.717, 1.165) is 12.5 Å². The smallest absolute Gasteiger partial charge is 0.267 e. The molecule has 0 spiro atoms. The summed E-state index contributed by atoms with van der Waals surface area (Å²) in [5, 5.41) is 14.4. The Bertz CT molecular complexity index is 1040. The summed E-state index contributed by atoms with van der Waals surface area (Å²) in [6, 6.07) is 15.0. The monoisotopic (exact) mass is 365 g/mol. The van der Waals surface area contributed by atoms with E-state index in [-0.39, 0.29) is 17.4 Å². The molecule has 0 aliphatic carbocycles. The second kappa shape index (κ2) is 6.87. The molecule has 0 unspecified atom stereocenters. The Kier molecular flexibility index (Phi) is 4.39. The summed E-state index contributed by atoms with van der Waals surface area (Å²) >= 11 is 0. The zero-order valence-electron chi connectivity index (χ0n) is 15.0. The lowest BCUT2D eigenvalue weighted by Gasteiger charge is -2.42. The molecule has 2 heterocycles. The third-order valence-corrected chi connectivity index (χ3v) is 4.98. The van der Waals surface area contributed by atoms with E-state index in [1.165, 1.54) is 34.1 Å². The van der Waals surface area contributed by atoms with Crippen LogP contribution in [0.1, 0.15) is 18.5 Å². The van der Waals surface area contributed by atoms with Crippen LogP contribution in [0.25, 0.3) is 11.3 Å². The Morgan fingerprint density at radius 3 is 2.67 bits per heavy atom. The fraction of sp³-hybridized carbons (Fsp3) is 0.238.